The zero-order chi connectivity index (χ0) is 11.2. The molecule has 0 aliphatic rings. The van der Waals surface area contributed by atoms with Gasteiger partial charge in [-0.05, 0) is 18.6 Å². The number of hydrogen-bond acceptors (Lipinski definition) is 3. The first kappa shape index (κ1) is 10.0. The molecule has 5 nitrogen and oxygen atoms in total. The maximum atomic E-state index is 11.3. The Bertz CT molecular complexity index is 561. The first-order valence-corrected chi connectivity index (χ1v) is 4.85. The van der Waals surface area contributed by atoms with E-state index in [1.165, 1.54) is 0 Å². The summed E-state index contributed by atoms with van der Waals surface area (Å²) in [4.78, 5) is 15.5. The number of fused-ring (bicyclic) bond motifs is 1. The lowest BCUT2D eigenvalue weighted by Crippen LogP contribution is -2.13. The molecule has 0 aromatic carbocycles. The van der Waals surface area contributed by atoms with Crippen LogP contribution in [0.1, 0.15) is 15.9 Å². The van der Waals surface area contributed by atoms with Crippen molar-refractivity contribution in [1.82, 2.24) is 8.53 Å². The van der Waals surface area contributed by atoms with Gasteiger partial charge in [0.25, 0.3) is 5.91 Å². The fraction of sp³-hybridized carbons (Fsp3) is 0.111. The zero-order valence-electron chi connectivity index (χ0n) is 8.19. The molecule has 1 amide bonds. The second-order valence-electron chi connectivity index (χ2n) is 3.38. The van der Waals surface area contributed by atoms with E-state index in [1.54, 1.807) is 9.75 Å². The van der Waals surface area contributed by atoms with Gasteiger partial charge in [0.2, 0.25) is 0 Å². The number of nitrogens with zero attached hydrogens (tertiary/aromatic N) is 2. The molecule has 0 aliphatic carbocycles. The second kappa shape index (κ2) is 3.26. The molecule has 2 aromatic heterocycles. The van der Waals surface area contributed by atoms with Gasteiger partial charge in [-0.15, -0.1) is 0 Å². The number of rotatable bonds is 1. The molecule has 0 spiro atoms. The van der Waals surface area contributed by atoms with E-state index in [-0.39, 0.29) is 0 Å². The van der Waals surface area contributed by atoms with Gasteiger partial charge in [0.1, 0.15) is 5.65 Å². The molecule has 6 heteroatoms. The Hall–Kier alpha value is -1.51. The van der Waals surface area contributed by atoms with E-state index in [0.717, 1.165) is 5.56 Å². The number of nitrogen functional groups attached to an aromatic ring is 1. The number of carbonyl (C=O) groups is 1. The van der Waals surface area contributed by atoms with Crippen LogP contribution in [0.3, 0.4) is 0 Å². The Morgan fingerprint density at radius 3 is 2.87 bits per heavy atom. The van der Waals surface area contributed by atoms with Crippen LogP contribution in [0.15, 0.2) is 12.3 Å². The molecular formula is C9H9AlN4O. The number of primary amides is 1. The topological polar surface area (TPSA) is 86.9 Å². The predicted octanol–water partition coefficient (Wildman–Crippen LogP) is -0.0426. The summed E-state index contributed by atoms with van der Waals surface area (Å²) in [5.74, 6) is -0.216. The Morgan fingerprint density at radius 1 is 1.60 bits per heavy atom. The van der Waals surface area contributed by atoms with E-state index in [4.69, 9.17) is 11.5 Å². The summed E-state index contributed by atoms with van der Waals surface area (Å²) in [5.41, 5.74) is 13.0. The highest BCUT2D eigenvalue weighted by Gasteiger charge is 2.16. The number of nitrogens with two attached hydrogens (primary N) is 2. The first-order valence-electron chi connectivity index (χ1n) is 4.33. The SMILES string of the molecule is Cc1cnc2c(c1)c(C(N)=O)c(N)[n]2[Al]. The lowest BCUT2D eigenvalue weighted by atomic mass is 10.1. The molecule has 2 heterocycles. The molecular weight excluding hydrogens is 207 g/mol. The van der Waals surface area contributed by atoms with Crippen LogP contribution in [0.4, 0.5) is 5.82 Å². The Labute approximate surface area is 94.7 Å². The molecule has 0 bridgehead atoms. The Kier molecular flexibility index (Phi) is 2.18. The summed E-state index contributed by atoms with van der Waals surface area (Å²) in [6.07, 6.45) is 1.72. The first-order chi connectivity index (χ1) is 7.02. The maximum absolute atomic E-state index is 11.3. The lowest BCUT2D eigenvalue weighted by Gasteiger charge is -1.99. The fourth-order valence-electron chi connectivity index (χ4n) is 1.57. The molecule has 2 rings (SSSR count). The molecule has 2 aromatic rings. The molecule has 15 heavy (non-hydrogen) atoms. The van der Waals surface area contributed by atoms with Crippen LogP contribution in [0.2, 0.25) is 0 Å². The predicted molar refractivity (Wildman–Crippen MR) is 58.6 cm³/mol. The van der Waals surface area contributed by atoms with E-state index in [1.807, 2.05) is 13.0 Å². The van der Waals surface area contributed by atoms with Gasteiger partial charge in [-0.3, -0.25) is 4.79 Å². The largest absolute Gasteiger partial charge is 0.425 e. The number of amides is 1. The maximum Gasteiger partial charge on any atom is 0.323 e. The van der Waals surface area contributed by atoms with Gasteiger partial charge in [-0.25, -0.2) is 4.98 Å². The minimum Gasteiger partial charge on any atom is -0.425 e. The molecule has 0 unspecified atom stereocenters. The average Bonchev–Trinajstić information content (AvgIpc) is 2.39. The van der Waals surface area contributed by atoms with Gasteiger partial charge in [-0.2, -0.15) is 0 Å². The Balaban J connectivity index is 2.95. The number of carbonyl (C=O) groups excluding carboxylic acids is 1. The van der Waals surface area contributed by atoms with Gasteiger partial charge in [-0.1, -0.05) is 0 Å². The lowest BCUT2D eigenvalue weighted by molar-refractivity contribution is 0.100. The van der Waals surface area contributed by atoms with Crippen LogP contribution >= 0.6 is 0 Å². The third-order valence-electron chi connectivity index (χ3n) is 2.26. The summed E-state index contributed by atoms with van der Waals surface area (Å²) in [5, 5.41) is 0.690. The normalized spacial score (nSPS) is 10.7. The highest BCUT2D eigenvalue weighted by molar-refractivity contribution is 6.19. The van der Waals surface area contributed by atoms with Crippen molar-refractivity contribution in [2.24, 2.45) is 5.73 Å². The van der Waals surface area contributed by atoms with Crippen molar-refractivity contribution in [3.8, 4) is 0 Å². The second-order valence-corrected chi connectivity index (χ2v) is 3.89. The number of aryl methyl sites for hydroxylation is 1. The van der Waals surface area contributed by atoms with Crippen molar-refractivity contribution in [2.75, 3.05) is 5.73 Å². The van der Waals surface area contributed by atoms with Gasteiger partial charge >= 0.3 is 16.5 Å². The molecule has 0 atom stereocenters. The monoisotopic (exact) mass is 216 g/mol. The van der Waals surface area contributed by atoms with E-state index in [0.29, 0.717) is 22.4 Å². The van der Waals surface area contributed by atoms with E-state index >= 15 is 0 Å². The van der Waals surface area contributed by atoms with Gasteiger partial charge in [0, 0.05) is 11.6 Å². The highest BCUT2D eigenvalue weighted by atomic mass is 27.1. The molecule has 2 radical (unpaired) electrons. The molecule has 0 aliphatic heterocycles. The van der Waals surface area contributed by atoms with Crippen molar-refractivity contribution in [3.63, 3.8) is 0 Å². The van der Waals surface area contributed by atoms with E-state index in [2.05, 4.69) is 21.5 Å². The zero-order valence-corrected chi connectivity index (χ0v) is 9.34. The highest BCUT2D eigenvalue weighted by Crippen LogP contribution is 2.25. The minimum absolute atomic E-state index is 0.320. The molecule has 0 saturated heterocycles. The van der Waals surface area contributed by atoms with Crippen molar-refractivity contribution in [1.29, 1.82) is 0 Å². The number of pyridine rings is 1. The van der Waals surface area contributed by atoms with Gasteiger partial charge in [0.05, 0.1) is 11.4 Å². The molecule has 0 saturated carbocycles. The minimum atomic E-state index is -0.536. The third kappa shape index (κ3) is 1.39. The quantitative estimate of drug-likeness (QED) is 0.655. The van der Waals surface area contributed by atoms with E-state index < -0.39 is 5.91 Å². The average molecular weight is 216 g/mol. The summed E-state index contributed by atoms with van der Waals surface area (Å²) in [6.45, 7) is 1.90. The van der Waals surface area contributed by atoms with Crippen LogP contribution in [0.5, 0.6) is 0 Å². The van der Waals surface area contributed by atoms with Crippen LogP contribution in [-0.4, -0.2) is 31.0 Å². The summed E-state index contributed by atoms with van der Waals surface area (Å²) < 4.78 is 1.58. The van der Waals surface area contributed by atoms with Crippen LogP contribution in [-0.2, 0) is 0 Å². The fourth-order valence-corrected chi connectivity index (χ4v) is 1.90. The van der Waals surface area contributed by atoms with Gasteiger partial charge in [0.15, 0.2) is 0 Å². The van der Waals surface area contributed by atoms with Crippen molar-refractivity contribution in [2.45, 2.75) is 6.92 Å². The summed E-state index contributed by atoms with van der Waals surface area (Å²) >= 11 is 2.41. The summed E-state index contributed by atoms with van der Waals surface area (Å²) in [7, 11) is 0. The van der Waals surface area contributed by atoms with Gasteiger partial charge < -0.3 is 15.0 Å². The number of aromatic nitrogens is 2. The third-order valence-corrected chi connectivity index (χ3v) is 2.79. The summed E-state index contributed by atoms with van der Waals surface area (Å²) in [6, 6.07) is 1.85. The molecule has 4 N–H and O–H groups in total. The van der Waals surface area contributed by atoms with Crippen molar-refractivity contribution >= 4 is 39.3 Å². The smallest absolute Gasteiger partial charge is 0.323 e. The van der Waals surface area contributed by atoms with Crippen LogP contribution in [0, 0.1) is 6.92 Å². The Morgan fingerprint density at radius 2 is 2.27 bits per heavy atom. The van der Waals surface area contributed by atoms with Crippen LogP contribution in [0.25, 0.3) is 11.0 Å². The molecule has 0 fully saturated rings. The van der Waals surface area contributed by atoms with Crippen molar-refractivity contribution < 1.29 is 4.79 Å². The van der Waals surface area contributed by atoms with Crippen molar-refractivity contribution in [3.05, 3.63) is 23.4 Å². The van der Waals surface area contributed by atoms with E-state index in [9.17, 15) is 4.79 Å². The van der Waals surface area contributed by atoms with Crippen LogP contribution < -0.4 is 11.5 Å². The molecule has 74 valence electrons. The number of anilines is 1. The number of hydrogen-bond donors (Lipinski definition) is 2. The standard InChI is InChI=1S/C9H10N4O.Al/c1-4-2-5-6(8(11)14)7(10)13-9(5)12-3-4;/h2-3H,1H3,(H5,10,11,12,13,14);/q;+1/p-1.